The summed E-state index contributed by atoms with van der Waals surface area (Å²) in [6, 6.07) is 3.32. The molecule has 22 heavy (non-hydrogen) atoms. The number of rotatable bonds is 6. The maximum Gasteiger partial charge on any atom is 0.223 e. The highest BCUT2D eigenvalue weighted by Gasteiger charge is 2.36. The molecular formula is C18H27NO3. The van der Waals surface area contributed by atoms with E-state index in [2.05, 4.69) is 6.92 Å². The lowest BCUT2D eigenvalue weighted by atomic mass is 9.97. The van der Waals surface area contributed by atoms with Gasteiger partial charge in [-0.2, -0.15) is 0 Å². The van der Waals surface area contributed by atoms with Gasteiger partial charge in [0.2, 0.25) is 5.91 Å². The van der Waals surface area contributed by atoms with Gasteiger partial charge in [0.25, 0.3) is 0 Å². The molecule has 1 atom stereocenters. The van der Waals surface area contributed by atoms with Gasteiger partial charge < -0.3 is 15.1 Å². The lowest BCUT2D eigenvalue weighted by Crippen LogP contribution is -2.34. The van der Waals surface area contributed by atoms with Crippen molar-refractivity contribution in [1.29, 1.82) is 0 Å². The Kier molecular flexibility index (Phi) is 5.33. The lowest BCUT2D eigenvalue weighted by Gasteiger charge is -2.30. The van der Waals surface area contributed by atoms with Crippen molar-refractivity contribution in [3.63, 3.8) is 0 Å². The molecule has 4 nitrogen and oxygen atoms in total. The maximum atomic E-state index is 12.0. The number of nitrogens with zero attached hydrogens (tertiary/aromatic N) is 1. The van der Waals surface area contributed by atoms with Crippen LogP contribution in [-0.2, 0) is 11.2 Å². The number of unbranched alkanes of at least 4 members (excludes halogenated alkanes) is 2. The maximum absolute atomic E-state index is 12.0. The number of likely N-dealkylation sites (tertiary alicyclic amines) is 1. The summed E-state index contributed by atoms with van der Waals surface area (Å²) in [7, 11) is 0. The van der Waals surface area contributed by atoms with Crippen LogP contribution in [-0.4, -0.2) is 27.1 Å². The van der Waals surface area contributed by atoms with Gasteiger partial charge in [0.15, 0.2) is 0 Å². The molecule has 1 amide bonds. The topological polar surface area (TPSA) is 60.8 Å². The van der Waals surface area contributed by atoms with Crippen molar-refractivity contribution in [2.45, 2.75) is 71.4 Å². The van der Waals surface area contributed by atoms with Crippen molar-refractivity contribution in [3.8, 4) is 11.5 Å². The van der Waals surface area contributed by atoms with E-state index in [0.717, 1.165) is 31.2 Å². The number of carbonyl (C=O) groups is 1. The van der Waals surface area contributed by atoms with Gasteiger partial charge in [-0.1, -0.05) is 19.8 Å². The zero-order chi connectivity index (χ0) is 16.3. The smallest absolute Gasteiger partial charge is 0.223 e. The largest absolute Gasteiger partial charge is 0.507 e. The number of phenols is 2. The van der Waals surface area contributed by atoms with Crippen molar-refractivity contribution in [3.05, 3.63) is 23.3 Å². The van der Waals surface area contributed by atoms with Crippen LogP contribution in [0.5, 0.6) is 11.5 Å². The molecule has 2 N–H and O–H groups in total. The normalized spacial score (nSPS) is 18.5. The number of aryl methyl sites for hydroxylation is 1. The fourth-order valence-corrected chi connectivity index (χ4v) is 3.38. The number of aromatic hydroxyl groups is 2. The number of phenolic OH excluding ortho intramolecular Hbond substituents is 2. The van der Waals surface area contributed by atoms with E-state index in [-0.39, 0.29) is 29.5 Å². The third kappa shape index (κ3) is 3.37. The summed E-state index contributed by atoms with van der Waals surface area (Å²) in [5.41, 5.74) is 1.45. The van der Waals surface area contributed by atoms with E-state index in [1.54, 1.807) is 17.0 Å². The predicted octanol–water partition coefficient (Wildman–Crippen LogP) is 3.90. The van der Waals surface area contributed by atoms with Crippen LogP contribution in [0.1, 0.15) is 70.0 Å². The minimum absolute atomic E-state index is 0.0584. The molecule has 1 aliphatic rings. The molecule has 4 heteroatoms. The minimum Gasteiger partial charge on any atom is -0.507 e. The zero-order valence-electron chi connectivity index (χ0n) is 13.8. The average molecular weight is 305 g/mol. The number of benzene rings is 1. The Bertz CT molecular complexity index is 516. The average Bonchev–Trinajstić information content (AvgIpc) is 2.80. The number of amides is 1. The Morgan fingerprint density at radius 3 is 2.41 bits per heavy atom. The molecule has 122 valence electrons. The molecule has 2 rings (SSSR count). The Balaban J connectivity index is 2.26. The molecule has 1 saturated heterocycles. The van der Waals surface area contributed by atoms with Crippen molar-refractivity contribution >= 4 is 5.91 Å². The minimum atomic E-state index is -0.225. The third-order valence-corrected chi connectivity index (χ3v) is 4.41. The zero-order valence-corrected chi connectivity index (χ0v) is 13.8. The number of hydrogen-bond acceptors (Lipinski definition) is 3. The Morgan fingerprint density at radius 1 is 1.23 bits per heavy atom. The van der Waals surface area contributed by atoms with Crippen molar-refractivity contribution in [2.75, 3.05) is 0 Å². The number of hydrogen-bond donors (Lipinski definition) is 2. The summed E-state index contributed by atoms with van der Waals surface area (Å²) in [6.07, 6.45) is 5.31. The van der Waals surface area contributed by atoms with E-state index in [1.807, 2.05) is 13.8 Å². The monoisotopic (exact) mass is 305 g/mol. The summed E-state index contributed by atoms with van der Waals surface area (Å²) < 4.78 is 0. The van der Waals surface area contributed by atoms with E-state index in [4.69, 9.17) is 0 Å². The van der Waals surface area contributed by atoms with E-state index in [9.17, 15) is 15.0 Å². The molecule has 1 unspecified atom stereocenters. The molecule has 1 aromatic rings. The summed E-state index contributed by atoms with van der Waals surface area (Å²) in [5.74, 6) is 0.305. The second-order valence-electron chi connectivity index (χ2n) is 6.45. The van der Waals surface area contributed by atoms with Crippen LogP contribution in [0.15, 0.2) is 12.1 Å². The van der Waals surface area contributed by atoms with Gasteiger partial charge in [-0.05, 0) is 50.8 Å². The van der Waals surface area contributed by atoms with Crippen molar-refractivity contribution in [2.24, 2.45) is 0 Å². The molecular weight excluding hydrogens is 278 g/mol. The standard InChI is InChI=1S/C18H27NO3/c1-4-5-6-7-13-10-15(20)18(16(21)11-13)14-8-9-17(22)19(14)12(2)3/h10-12,14,20-21H,4-9H2,1-3H3. The van der Waals surface area contributed by atoms with Gasteiger partial charge in [0.05, 0.1) is 11.6 Å². The Morgan fingerprint density at radius 2 is 1.86 bits per heavy atom. The third-order valence-electron chi connectivity index (χ3n) is 4.41. The van der Waals surface area contributed by atoms with E-state index in [0.29, 0.717) is 18.4 Å². The summed E-state index contributed by atoms with van der Waals surface area (Å²) in [6.45, 7) is 6.07. The fraction of sp³-hybridized carbons (Fsp3) is 0.611. The number of carbonyl (C=O) groups excluding carboxylic acids is 1. The highest BCUT2D eigenvalue weighted by molar-refractivity contribution is 5.80. The van der Waals surface area contributed by atoms with Crippen LogP contribution < -0.4 is 0 Å². The van der Waals surface area contributed by atoms with Crippen LogP contribution in [0.3, 0.4) is 0 Å². The second kappa shape index (κ2) is 7.03. The van der Waals surface area contributed by atoms with Gasteiger partial charge >= 0.3 is 0 Å². The highest BCUT2D eigenvalue weighted by Crippen LogP contribution is 2.43. The SMILES string of the molecule is CCCCCc1cc(O)c(C2CCC(=O)N2C(C)C)c(O)c1. The molecule has 1 fully saturated rings. The lowest BCUT2D eigenvalue weighted by molar-refractivity contribution is -0.130. The van der Waals surface area contributed by atoms with Crippen LogP contribution in [0.25, 0.3) is 0 Å². The molecule has 0 saturated carbocycles. The summed E-state index contributed by atoms with van der Waals surface area (Å²) in [5, 5.41) is 20.8. The molecule has 1 heterocycles. The van der Waals surface area contributed by atoms with E-state index < -0.39 is 0 Å². The molecule has 0 radical (unpaired) electrons. The van der Waals surface area contributed by atoms with Crippen LogP contribution >= 0.6 is 0 Å². The van der Waals surface area contributed by atoms with Crippen molar-refractivity contribution in [1.82, 2.24) is 4.90 Å². The van der Waals surface area contributed by atoms with Crippen molar-refractivity contribution < 1.29 is 15.0 Å². The highest BCUT2D eigenvalue weighted by atomic mass is 16.3. The van der Waals surface area contributed by atoms with E-state index >= 15 is 0 Å². The molecule has 1 aliphatic heterocycles. The molecule has 0 aromatic heterocycles. The first-order valence-electron chi connectivity index (χ1n) is 8.31. The van der Waals surface area contributed by atoms with E-state index in [1.165, 1.54) is 0 Å². The van der Waals surface area contributed by atoms with Gasteiger partial charge in [-0.25, -0.2) is 0 Å². The van der Waals surface area contributed by atoms with Crippen LogP contribution in [0, 0.1) is 0 Å². The van der Waals surface area contributed by atoms with Gasteiger partial charge in [-0.15, -0.1) is 0 Å². The molecule has 0 aliphatic carbocycles. The van der Waals surface area contributed by atoms with Gasteiger partial charge in [0.1, 0.15) is 11.5 Å². The summed E-state index contributed by atoms with van der Waals surface area (Å²) in [4.78, 5) is 13.8. The first kappa shape index (κ1) is 16.7. The molecule has 0 bridgehead atoms. The Labute approximate surface area is 132 Å². The van der Waals surface area contributed by atoms with Crippen LogP contribution in [0.4, 0.5) is 0 Å². The van der Waals surface area contributed by atoms with Gasteiger partial charge in [0, 0.05) is 12.5 Å². The van der Waals surface area contributed by atoms with Crippen LogP contribution in [0.2, 0.25) is 0 Å². The van der Waals surface area contributed by atoms with Gasteiger partial charge in [-0.3, -0.25) is 4.79 Å². The first-order valence-corrected chi connectivity index (χ1v) is 8.31. The quantitative estimate of drug-likeness (QED) is 0.784. The molecule has 1 aromatic carbocycles. The fourth-order valence-electron chi connectivity index (χ4n) is 3.38. The first-order chi connectivity index (χ1) is 10.5. The Hall–Kier alpha value is -1.71. The predicted molar refractivity (Wildman–Crippen MR) is 87.0 cm³/mol. The summed E-state index contributed by atoms with van der Waals surface area (Å²) >= 11 is 0. The second-order valence-corrected chi connectivity index (χ2v) is 6.45. The molecule has 0 spiro atoms.